The van der Waals surface area contributed by atoms with Gasteiger partial charge < -0.3 is 30.1 Å². The molecule has 20 heavy (non-hydrogen) atoms. The van der Waals surface area contributed by atoms with Crippen LogP contribution in [0.15, 0.2) is 12.1 Å². The van der Waals surface area contributed by atoms with E-state index >= 15 is 0 Å². The number of hydrogen-bond acceptors (Lipinski definition) is 6. The molecule has 7 heteroatoms. The van der Waals surface area contributed by atoms with Crippen molar-refractivity contribution in [3.63, 3.8) is 0 Å². The highest BCUT2D eigenvalue weighted by Crippen LogP contribution is 2.34. The highest BCUT2D eigenvalue weighted by atomic mass is 16.5. The van der Waals surface area contributed by atoms with Crippen molar-refractivity contribution in [1.82, 2.24) is 5.32 Å². The van der Waals surface area contributed by atoms with E-state index in [4.69, 9.17) is 9.47 Å². The molecule has 2 unspecified atom stereocenters. The normalized spacial score (nSPS) is 13.7. The summed E-state index contributed by atoms with van der Waals surface area (Å²) < 4.78 is 10.1. The Morgan fingerprint density at radius 2 is 1.80 bits per heavy atom. The summed E-state index contributed by atoms with van der Waals surface area (Å²) in [7, 11) is 4.40. The van der Waals surface area contributed by atoms with E-state index in [9.17, 15) is 20.1 Å². The second-order valence-electron chi connectivity index (χ2n) is 4.17. The van der Waals surface area contributed by atoms with Crippen LogP contribution in [0.2, 0.25) is 0 Å². The van der Waals surface area contributed by atoms with Gasteiger partial charge in [0.15, 0.2) is 11.5 Å². The SMILES string of the molecule is CNCC(O)C(O)c1cc(OC)c(OC)cc1C(=O)O. The Bertz CT molecular complexity index is 476. The smallest absolute Gasteiger partial charge is 0.336 e. The minimum Gasteiger partial charge on any atom is -0.493 e. The van der Waals surface area contributed by atoms with Gasteiger partial charge in [-0.25, -0.2) is 4.79 Å². The number of likely N-dealkylation sites (N-methyl/N-ethyl adjacent to an activating group) is 1. The fraction of sp³-hybridized carbons (Fsp3) is 0.462. The lowest BCUT2D eigenvalue weighted by Crippen LogP contribution is -2.30. The Morgan fingerprint density at radius 1 is 1.25 bits per heavy atom. The van der Waals surface area contributed by atoms with Crippen molar-refractivity contribution in [3.8, 4) is 11.5 Å². The Labute approximate surface area is 116 Å². The highest BCUT2D eigenvalue weighted by Gasteiger charge is 2.25. The molecule has 2 atom stereocenters. The lowest BCUT2D eigenvalue weighted by molar-refractivity contribution is 0.0190. The molecule has 1 aromatic carbocycles. The van der Waals surface area contributed by atoms with E-state index in [0.29, 0.717) is 0 Å². The minimum atomic E-state index is -1.35. The average Bonchev–Trinajstić information content (AvgIpc) is 2.44. The number of aromatic carboxylic acids is 1. The van der Waals surface area contributed by atoms with Gasteiger partial charge in [0.2, 0.25) is 0 Å². The Morgan fingerprint density at radius 3 is 2.25 bits per heavy atom. The zero-order valence-electron chi connectivity index (χ0n) is 11.6. The van der Waals surface area contributed by atoms with Crippen molar-refractivity contribution in [1.29, 1.82) is 0 Å². The summed E-state index contributed by atoms with van der Waals surface area (Å²) in [6, 6.07) is 2.61. The standard InChI is InChI=1S/C13H19NO6/c1-14-6-9(15)12(16)7-4-10(19-2)11(20-3)5-8(7)13(17)18/h4-5,9,12,14-16H,6H2,1-3H3,(H,17,18). The van der Waals surface area contributed by atoms with Gasteiger partial charge in [0, 0.05) is 12.1 Å². The molecular weight excluding hydrogens is 266 g/mol. The molecule has 0 aliphatic rings. The van der Waals surface area contributed by atoms with E-state index in [2.05, 4.69) is 5.32 Å². The molecule has 0 saturated heterocycles. The van der Waals surface area contributed by atoms with Crippen LogP contribution in [0.3, 0.4) is 0 Å². The fourth-order valence-electron chi connectivity index (χ4n) is 1.85. The third-order valence-electron chi connectivity index (χ3n) is 2.88. The summed E-state index contributed by atoms with van der Waals surface area (Å²) in [4.78, 5) is 11.3. The van der Waals surface area contributed by atoms with Gasteiger partial charge in [-0.2, -0.15) is 0 Å². The molecule has 0 spiro atoms. The topological polar surface area (TPSA) is 108 Å². The van der Waals surface area contributed by atoms with Gasteiger partial charge in [-0.3, -0.25) is 0 Å². The second kappa shape index (κ2) is 7.09. The van der Waals surface area contributed by atoms with E-state index in [0.717, 1.165) is 0 Å². The maximum atomic E-state index is 11.3. The lowest BCUT2D eigenvalue weighted by atomic mass is 9.97. The molecule has 0 aromatic heterocycles. The number of carboxylic acid groups (broad SMARTS) is 1. The summed E-state index contributed by atoms with van der Waals surface area (Å²) in [6.45, 7) is 0.120. The molecule has 0 saturated carbocycles. The number of benzene rings is 1. The van der Waals surface area contributed by atoms with Gasteiger partial charge >= 0.3 is 5.97 Å². The molecule has 4 N–H and O–H groups in total. The van der Waals surface area contributed by atoms with Crippen LogP contribution in [-0.2, 0) is 0 Å². The Hall–Kier alpha value is -1.83. The molecule has 1 rings (SSSR count). The number of rotatable bonds is 7. The molecule has 0 heterocycles. The number of carboxylic acids is 1. The Kier molecular flexibility index (Phi) is 5.75. The molecular formula is C13H19NO6. The van der Waals surface area contributed by atoms with Crippen molar-refractivity contribution < 1.29 is 29.6 Å². The van der Waals surface area contributed by atoms with Crippen LogP contribution in [0.1, 0.15) is 22.0 Å². The van der Waals surface area contributed by atoms with E-state index < -0.39 is 18.2 Å². The predicted octanol–water partition coefficient (Wildman–Crippen LogP) is 0.0157. The lowest BCUT2D eigenvalue weighted by Gasteiger charge is -2.21. The first kappa shape index (κ1) is 16.2. The van der Waals surface area contributed by atoms with Crippen LogP contribution >= 0.6 is 0 Å². The summed E-state index contributed by atoms with van der Waals surface area (Å²) in [5.74, 6) is -0.705. The number of hydrogen-bond donors (Lipinski definition) is 4. The molecule has 7 nitrogen and oxygen atoms in total. The second-order valence-corrected chi connectivity index (χ2v) is 4.17. The van der Waals surface area contributed by atoms with Crippen LogP contribution in [0.5, 0.6) is 11.5 Å². The third kappa shape index (κ3) is 3.38. The maximum absolute atomic E-state index is 11.3. The van der Waals surface area contributed by atoms with E-state index in [1.807, 2.05) is 0 Å². The van der Waals surface area contributed by atoms with Crippen LogP contribution in [0, 0.1) is 0 Å². The van der Waals surface area contributed by atoms with Crippen LogP contribution < -0.4 is 14.8 Å². The number of nitrogens with one attached hydrogen (secondary N) is 1. The zero-order valence-corrected chi connectivity index (χ0v) is 11.6. The first-order chi connectivity index (χ1) is 9.46. The van der Waals surface area contributed by atoms with Crippen LogP contribution in [-0.4, -0.2) is 55.2 Å². The average molecular weight is 285 g/mol. The van der Waals surface area contributed by atoms with E-state index in [1.165, 1.54) is 26.4 Å². The summed E-state index contributed by atoms with van der Waals surface area (Å²) >= 11 is 0. The quantitative estimate of drug-likeness (QED) is 0.559. The van der Waals surface area contributed by atoms with Gasteiger partial charge in [-0.1, -0.05) is 0 Å². The van der Waals surface area contributed by atoms with Crippen LogP contribution in [0.4, 0.5) is 0 Å². The molecule has 0 amide bonds. The number of methoxy groups -OCH3 is 2. The predicted molar refractivity (Wildman–Crippen MR) is 71.4 cm³/mol. The third-order valence-corrected chi connectivity index (χ3v) is 2.88. The first-order valence-electron chi connectivity index (χ1n) is 5.96. The van der Waals surface area contributed by atoms with E-state index in [1.54, 1.807) is 7.05 Å². The molecule has 112 valence electrons. The molecule has 1 aromatic rings. The van der Waals surface area contributed by atoms with Gasteiger partial charge in [0.1, 0.15) is 6.10 Å². The molecule has 0 fully saturated rings. The van der Waals surface area contributed by atoms with Crippen molar-refractivity contribution in [2.24, 2.45) is 0 Å². The van der Waals surface area contributed by atoms with Crippen molar-refractivity contribution in [3.05, 3.63) is 23.3 Å². The van der Waals surface area contributed by atoms with Gasteiger partial charge in [-0.15, -0.1) is 0 Å². The molecule has 0 bridgehead atoms. The molecule has 0 aliphatic heterocycles. The van der Waals surface area contributed by atoms with Gasteiger partial charge in [0.05, 0.1) is 25.9 Å². The number of ether oxygens (including phenoxy) is 2. The number of aliphatic hydroxyl groups excluding tert-OH is 2. The maximum Gasteiger partial charge on any atom is 0.336 e. The minimum absolute atomic E-state index is 0.0675. The molecule has 0 aliphatic carbocycles. The van der Waals surface area contributed by atoms with Gasteiger partial charge in [-0.05, 0) is 19.2 Å². The van der Waals surface area contributed by atoms with E-state index in [-0.39, 0.29) is 29.2 Å². The van der Waals surface area contributed by atoms with Crippen molar-refractivity contribution >= 4 is 5.97 Å². The van der Waals surface area contributed by atoms with Crippen molar-refractivity contribution in [2.45, 2.75) is 12.2 Å². The Balaban J connectivity index is 3.31. The number of aliphatic hydroxyl groups is 2. The summed E-state index contributed by atoms with van der Waals surface area (Å²) in [5.41, 5.74) is -0.0804. The summed E-state index contributed by atoms with van der Waals surface area (Å²) in [6.07, 6.45) is -2.50. The molecule has 0 radical (unpaired) electrons. The highest BCUT2D eigenvalue weighted by molar-refractivity contribution is 5.90. The van der Waals surface area contributed by atoms with Crippen molar-refractivity contribution in [2.75, 3.05) is 27.8 Å². The first-order valence-corrected chi connectivity index (χ1v) is 5.96. The summed E-state index contributed by atoms with van der Waals surface area (Å²) in [5, 5.41) is 31.8. The zero-order chi connectivity index (χ0) is 15.3. The number of carbonyl (C=O) groups is 1. The van der Waals surface area contributed by atoms with Crippen LogP contribution in [0.25, 0.3) is 0 Å². The largest absolute Gasteiger partial charge is 0.493 e. The van der Waals surface area contributed by atoms with Gasteiger partial charge in [0.25, 0.3) is 0 Å². The monoisotopic (exact) mass is 285 g/mol. The fourth-order valence-corrected chi connectivity index (χ4v) is 1.85.